The average Bonchev–Trinajstić information content (AvgIpc) is 3.15. The molecule has 3 aromatic rings. The number of aromatic nitrogens is 3. The molecule has 0 aliphatic carbocycles. The highest BCUT2D eigenvalue weighted by Gasteiger charge is 2.57. The Balaban J connectivity index is 1.60. The van der Waals surface area contributed by atoms with Gasteiger partial charge in [-0.3, -0.25) is 9.59 Å². The molecule has 4 heterocycles. The maximum absolute atomic E-state index is 13.6. The molecule has 0 spiro atoms. The number of benzene rings is 1. The summed E-state index contributed by atoms with van der Waals surface area (Å²) in [7, 11) is 0. The highest BCUT2D eigenvalue weighted by Crippen LogP contribution is 2.48. The molecule has 4 atom stereocenters. The Labute approximate surface area is 208 Å². The number of amides is 3. The fourth-order valence-corrected chi connectivity index (χ4v) is 5.42. The predicted molar refractivity (Wildman–Crippen MR) is 133 cm³/mol. The molecule has 1 aromatic carbocycles. The van der Waals surface area contributed by atoms with Crippen LogP contribution in [0.4, 0.5) is 10.5 Å². The van der Waals surface area contributed by atoms with Crippen molar-refractivity contribution >= 4 is 17.6 Å². The number of carbonyl (C=O) groups is 2. The summed E-state index contributed by atoms with van der Waals surface area (Å²) in [5.74, 6) is -1.47. The lowest BCUT2D eigenvalue weighted by Gasteiger charge is -2.38. The van der Waals surface area contributed by atoms with Crippen LogP contribution in [0.25, 0.3) is 11.1 Å². The van der Waals surface area contributed by atoms with E-state index >= 15 is 0 Å². The van der Waals surface area contributed by atoms with E-state index in [0.717, 1.165) is 6.42 Å². The van der Waals surface area contributed by atoms with E-state index in [2.05, 4.69) is 20.6 Å². The van der Waals surface area contributed by atoms with Gasteiger partial charge in [0.15, 0.2) is 0 Å². The van der Waals surface area contributed by atoms with E-state index in [0.29, 0.717) is 29.1 Å². The van der Waals surface area contributed by atoms with Gasteiger partial charge in [0.2, 0.25) is 5.91 Å². The van der Waals surface area contributed by atoms with Crippen LogP contribution in [0.1, 0.15) is 25.1 Å². The quantitative estimate of drug-likeness (QED) is 0.487. The van der Waals surface area contributed by atoms with Crippen molar-refractivity contribution in [3.63, 3.8) is 0 Å². The second-order valence-corrected chi connectivity index (χ2v) is 9.09. The Morgan fingerprint density at radius 3 is 2.56 bits per heavy atom. The number of fused-ring (bicyclic) bond motifs is 4. The molecule has 1 saturated heterocycles. The number of para-hydroxylation sites is 1. The van der Waals surface area contributed by atoms with Crippen LogP contribution in [0, 0.1) is 11.8 Å². The molecule has 0 unspecified atom stereocenters. The van der Waals surface area contributed by atoms with Gasteiger partial charge in [0, 0.05) is 55.0 Å². The number of anilines is 1. The van der Waals surface area contributed by atoms with Crippen molar-refractivity contribution in [1.29, 1.82) is 0 Å². The standard InChI is InChI=1S/C26H28N6O4/c1-2-10-29-24(34)22-19(14-33)21-13-31-20(9-8-18(25(31)35)16-11-27-15-28-12-16)23(22)32(21)26(36)30-17-6-4-3-5-7-17/h3-9,11-12,15,19,21-23,33H,2,10,13-14H2,1H3,(H,29,34)(H,30,36)/t19-,21-,22+,23+/m0/s1. The third-order valence-electron chi connectivity index (χ3n) is 7.03. The monoisotopic (exact) mass is 488 g/mol. The molecule has 0 saturated carbocycles. The number of urea groups is 1. The molecular formula is C26H28N6O4. The number of hydrogen-bond donors (Lipinski definition) is 3. The smallest absolute Gasteiger partial charge is 0.322 e. The van der Waals surface area contributed by atoms with Crippen molar-refractivity contribution < 1.29 is 14.7 Å². The van der Waals surface area contributed by atoms with Crippen LogP contribution in [-0.4, -0.2) is 55.7 Å². The molecule has 2 aliphatic rings. The summed E-state index contributed by atoms with van der Waals surface area (Å²) in [6.45, 7) is 2.32. The van der Waals surface area contributed by atoms with E-state index in [1.165, 1.54) is 6.33 Å². The fraction of sp³-hybridized carbons (Fsp3) is 0.346. The second-order valence-electron chi connectivity index (χ2n) is 9.09. The Hall–Kier alpha value is -4.05. The van der Waals surface area contributed by atoms with Crippen LogP contribution in [0.3, 0.4) is 0 Å². The maximum Gasteiger partial charge on any atom is 0.322 e. The lowest BCUT2D eigenvalue weighted by atomic mass is 9.86. The summed E-state index contributed by atoms with van der Waals surface area (Å²) in [6.07, 6.45) is 5.30. The lowest BCUT2D eigenvalue weighted by Crippen LogP contribution is -2.50. The Morgan fingerprint density at radius 1 is 1.11 bits per heavy atom. The van der Waals surface area contributed by atoms with Crippen LogP contribution in [0.15, 0.2) is 66.0 Å². The maximum atomic E-state index is 13.6. The van der Waals surface area contributed by atoms with Crippen LogP contribution in [0.2, 0.25) is 0 Å². The van der Waals surface area contributed by atoms with Crippen LogP contribution >= 0.6 is 0 Å². The average molecular weight is 489 g/mol. The molecule has 10 nitrogen and oxygen atoms in total. The minimum atomic E-state index is -0.713. The first-order valence-electron chi connectivity index (χ1n) is 12.1. The van der Waals surface area contributed by atoms with Crippen molar-refractivity contribution in [2.75, 3.05) is 18.5 Å². The van der Waals surface area contributed by atoms with Crippen molar-refractivity contribution in [2.45, 2.75) is 32.0 Å². The number of rotatable bonds is 6. The van der Waals surface area contributed by atoms with E-state index < -0.39 is 23.9 Å². The third kappa shape index (κ3) is 4.03. The molecule has 3 N–H and O–H groups in total. The van der Waals surface area contributed by atoms with E-state index in [4.69, 9.17) is 0 Å². The SMILES string of the molecule is CCCNC(=O)[C@@H]1[C@@H](CO)[C@@H]2Cn3c(ccc(-c4cncnc4)c3=O)[C@H]1N2C(=O)Nc1ccccc1. The number of aliphatic hydroxyl groups is 1. The molecule has 3 amide bonds. The molecule has 0 radical (unpaired) electrons. The number of carbonyl (C=O) groups excluding carboxylic acids is 2. The molecule has 1 fully saturated rings. The summed E-state index contributed by atoms with van der Waals surface area (Å²) < 4.78 is 1.62. The largest absolute Gasteiger partial charge is 0.396 e. The first-order chi connectivity index (χ1) is 17.5. The van der Waals surface area contributed by atoms with Gasteiger partial charge in [-0.15, -0.1) is 0 Å². The van der Waals surface area contributed by atoms with Gasteiger partial charge in [-0.2, -0.15) is 0 Å². The van der Waals surface area contributed by atoms with Crippen LogP contribution in [-0.2, 0) is 11.3 Å². The Morgan fingerprint density at radius 2 is 1.86 bits per heavy atom. The van der Waals surface area contributed by atoms with E-state index in [1.807, 2.05) is 25.1 Å². The normalized spacial score (nSPS) is 22.1. The van der Waals surface area contributed by atoms with Gasteiger partial charge in [0.25, 0.3) is 5.56 Å². The number of hydrogen-bond acceptors (Lipinski definition) is 6. The highest BCUT2D eigenvalue weighted by atomic mass is 16.3. The molecule has 2 aromatic heterocycles. The van der Waals surface area contributed by atoms with Gasteiger partial charge in [-0.05, 0) is 30.7 Å². The van der Waals surface area contributed by atoms with Crippen molar-refractivity contribution in [2.24, 2.45) is 11.8 Å². The molecule has 36 heavy (non-hydrogen) atoms. The summed E-state index contributed by atoms with van der Waals surface area (Å²) in [5.41, 5.74) is 1.97. The fourth-order valence-electron chi connectivity index (χ4n) is 5.42. The van der Waals surface area contributed by atoms with Crippen molar-refractivity contribution in [1.82, 2.24) is 24.8 Å². The minimum absolute atomic E-state index is 0.164. The van der Waals surface area contributed by atoms with Gasteiger partial charge in [-0.1, -0.05) is 25.1 Å². The number of pyridine rings is 1. The van der Waals surface area contributed by atoms with E-state index in [9.17, 15) is 19.5 Å². The van der Waals surface area contributed by atoms with Crippen LogP contribution < -0.4 is 16.2 Å². The van der Waals surface area contributed by atoms with Gasteiger partial charge in [0.05, 0.1) is 23.6 Å². The minimum Gasteiger partial charge on any atom is -0.396 e. The number of nitrogens with zero attached hydrogens (tertiary/aromatic N) is 4. The summed E-state index contributed by atoms with van der Waals surface area (Å²) in [4.78, 5) is 50.1. The zero-order chi connectivity index (χ0) is 25.2. The molecule has 5 rings (SSSR count). The Kier molecular flexibility index (Phi) is 6.51. The van der Waals surface area contributed by atoms with Crippen molar-refractivity contribution in [3.05, 3.63) is 77.2 Å². The lowest BCUT2D eigenvalue weighted by molar-refractivity contribution is -0.127. The number of aliphatic hydroxyl groups excluding tert-OH is 1. The summed E-state index contributed by atoms with van der Waals surface area (Å²) >= 11 is 0. The van der Waals surface area contributed by atoms with Crippen LogP contribution in [0.5, 0.6) is 0 Å². The Bertz CT molecular complexity index is 1310. The summed E-state index contributed by atoms with van der Waals surface area (Å²) in [6, 6.07) is 10.9. The third-order valence-corrected chi connectivity index (χ3v) is 7.03. The van der Waals surface area contributed by atoms with Gasteiger partial charge in [0.1, 0.15) is 6.33 Å². The molecule has 2 aliphatic heterocycles. The van der Waals surface area contributed by atoms with Gasteiger partial charge in [-0.25, -0.2) is 14.8 Å². The first-order valence-corrected chi connectivity index (χ1v) is 12.1. The summed E-state index contributed by atoms with van der Waals surface area (Å²) in [5, 5.41) is 16.2. The molecule has 10 heteroatoms. The van der Waals surface area contributed by atoms with Gasteiger partial charge >= 0.3 is 6.03 Å². The first kappa shape index (κ1) is 23.7. The zero-order valence-electron chi connectivity index (χ0n) is 19.9. The van der Waals surface area contributed by atoms with Crippen molar-refractivity contribution in [3.8, 4) is 11.1 Å². The molecule has 2 bridgehead atoms. The number of nitrogens with one attached hydrogen (secondary N) is 2. The second kappa shape index (κ2) is 9.90. The molecule has 186 valence electrons. The van der Waals surface area contributed by atoms with E-state index in [1.54, 1.807) is 46.1 Å². The zero-order valence-corrected chi connectivity index (χ0v) is 19.9. The highest BCUT2D eigenvalue weighted by molar-refractivity contribution is 5.91. The molecular weight excluding hydrogens is 460 g/mol. The van der Waals surface area contributed by atoms with E-state index in [-0.39, 0.29) is 30.6 Å². The predicted octanol–water partition coefficient (Wildman–Crippen LogP) is 2.03. The van der Waals surface area contributed by atoms with Gasteiger partial charge < -0.3 is 25.2 Å². The topological polar surface area (TPSA) is 129 Å².